The van der Waals surface area contributed by atoms with Crippen LogP contribution < -0.4 is 0 Å². The van der Waals surface area contributed by atoms with Gasteiger partial charge in [-0.1, -0.05) is 35.9 Å². The van der Waals surface area contributed by atoms with Crippen molar-refractivity contribution in [3.05, 3.63) is 47.5 Å². The lowest BCUT2D eigenvalue weighted by Gasteiger charge is -2.30. The van der Waals surface area contributed by atoms with E-state index in [1.165, 1.54) is 0 Å². The van der Waals surface area contributed by atoms with E-state index in [9.17, 15) is 14.4 Å². The van der Waals surface area contributed by atoms with E-state index in [0.717, 1.165) is 30.4 Å². The number of carbonyl (C=O) groups is 3. The zero-order chi connectivity index (χ0) is 19.2. The summed E-state index contributed by atoms with van der Waals surface area (Å²) >= 11 is 0. The van der Waals surface area contributed by atoms with Crippen LogP contribution in [0.25, 0.3) is 0 Å². The summed E-state index contributed by atoms with van der Waals surface area (Å²) in [4.78, 5) is 38.2. The predicted molar refractivity (Wildman–Crippen MR) is 102 cm³/mol. The Labute approximate surface area is 160 Å². The maximum atomic E-state index is 12.4. The Balaban J connectivity index is 1.61. The first kappa shape index (κ1) is 19.3. The molecule has 1 aromatic carbocycles. The van der Waals surface area contributed by atoms with Crippen molar-refractivity contribution in [1.82, 2.24) is 4.90 Å². The Hall–Kier alpha value is -2.43. The minimum absolute atomic E-state index is 0.0736. The number of benzene rings is 1. The van der Waals surface area contributed by atoms with Crippen molar-refractivity contribution in [3.63, 3.8) is 0 Å². The first-order valence-electron chi connectivity index (χ1n) is 9.76. The van der Waals surface area contributed by atoms with Gasteiger partial charge < -0.3 is 9.64 Å². The van der Waals surface area contributed by atoms with E-state index in [1.54, 1.807) is 13.0 Å². The lowest BCUT2D eigenvalue weighted by molar-refractivity contribution is -0.142. The Bertz CT molecular complexity index is 725. The van der Waals surface area contributed by atoms with Gasteiger partial charge in [0.2, 0.25) is 5.91 Å². The Morgan fingerprint density at radius 2 is 1.96 bits per heavy atom. The number of nitrogens with zero attached hydrogens (tertiary/aromatic N) is 1. The van der Waals surface area contributed by atoms with Crippen LogP contribution in [0.5, 0.6) is 0 Å². The van der Waals surface area contributed by atoms with Gasteiger partial charge in [0.1, 0.15) is 0 Å². The van der Waals surface area contributed by atoms with Crippen LogP contribution in [0.3, 0.4) is 0 Å². The summed E-state index contributed by atoms with van der Waals surface area (Å²) in [7, 11) is 0. The number of hydrogen-bond acceptors (Lipinski definition) is 4. The monoisotopic (exact) mass is 369 g/mol. The average molecular weight is 369 g/mol. The molecule has 2 aliphatic rings. The standard InChI is InChI=1S/C22H27NO4/c1-2-27-22(26)14-18-10-17(12-20(24)13-18)11-19-8-9-21(25)23(19)15-16-6-4-3-5-7-16/h3-7,13,17,19H,2,8-12,14-15H2,1H3/t17-,19-/m0/s1. The molecule has 0 aromatic heterocycles. The Morgan fingerprint density at radius 3 is 2.70 bits per heavy atom. The smallest absolute Gasteiger partial charge is 0.309 e. The lowest BCUT2D eigenvalue weighted by atomic mass is 9.82. The van der Waals surface area contributed by atoms with Crippen molar-refractivity contribution in [2.45, 2.75) is 58.0 Å². The van der Waals surface area contributed by atoms with Gasteiger partial charge in [-0.05, 0) is 43.7 Å². The molecule has 0 saturated carbocycles. The van der Waals surface area contributed by atoms with Crippen molar-refractivity contribution in [2.75, 3.05) is 6.61 Å². The van der Waals surface area contributed by atoms with Crippen LogP contribution in [0.15, 0.2) is 42.0 Å². The fourth-order valence-corrected chi connectivity index (χ4v) is 4.18. The minimum atomic E-state index is -0.279. The molecule has 0 unspecified atom stereocenters. The van der Waals surface area contributed by atoms with Crippen LogP contribution in [0.1, 0.15) is 51.0 Å². The Kier molecular flexibility index (Phi) is 6.43. The van der Waals surface area contributed by atoms with Gasteiger partial charge in [-0.2, -0.15) is 0 Å². The summed E-state index contributed by atoms with van der Waals surface area (Å²) in [6.45, 7) is 2.75. The highest BCUT2D eigenvalue weighted by molar-refractivity contribution is 5.92. The fraction of sp³-hybridized carbons (Fsp3) is 0.500. The molecule has 1 aliphatic carbocycles. The molecule has 1 fully saturated rings. The normalized spacial score (nSPS) is 22.7. The summed E-state index contributed by atoms with van der Waals surface area (Å²) in [5.74, 6) is 0.165. The molecule has 3 rings (SSSR count). The third-order valence-electron chi connectivity index (χ3n) is 5.34. The highest BCUT2D eigenvalue weighted by atomic mass is 16.5. The highest BCUT2D eigenvalue weighted by Crippen LogP contribution is 2.33. The third-order valence-corrected chi connectivity index (χ3v) is 5.34. The van der Waals surface area contributed by atoms with E-state index in [2.05, 4.69) is 0 Å². The zero-order valence-corrected chi connectivity index (χ0v) is 15.9. The van der Waals surface area contributed by atoms with Gasteiger partial charge in [0.25, 0.3) is 0 Å². The number of esters is 1. The van der Waals surface area contributed by atoms with Gasteiger partial charge in [0, 0.05) is 25.4 Å². The molecule has 1 aliphatic heterocycles. The van der Waals surface area contributed by atoms with E-state index >= 15 is 0 Å². The molecule has 5 nitrogen and oxygen atoms in total. The molecule has 0 N–H and O–H groups in total. The summed E-state index contributed by atoms with van der Waals surface area (Å²) < 4.78 is 5.00. The Morgan fingerprint density at radius 1 is 1.19 bits per heavy atom. The van der Waals surface area contributed by atoms with Gasteiger partial charge in [-0.15, -0.1) is 0 Å². The molecule has 0 spiro atoms. The molecule has 1 amide bonds. The van der Waals surface area contributed by atoms with Gasteiger partial charge in [-0.3, -0.25) is 14.4 Å². The largest absolute Gasteiger partial charge is 0.466 e. The van der Waals surface area contributed by atoms with Crippen LogP contribution in [0.2, 0.25) is 0 Å². The van der Waals surface area contributed by atoms with E-state index in [-0.39, 0.29) is 36.0 Å². The van der Waals surface area contributed by atoms with Crippen molar-refractivity contribution in [2.24, 2.45) is 5.92 Å². The second-order valence-corrected chi connectivity index (χ2v) is 7.46. The average Bonchev–Trinajstić information content (AvgIpc) is 2.95. The first-order valence-corrected chi connectivity index (χ1v) is 9.76. The molecule has 1 aromatic rings. The second-order valence-electron chi connectivity index (χ2n) is 7.46. The quantitative estimate of drug-likeness (QED) is 0.691. The van der Waals surface area contributed by atoms with E-state index in [1.807, 2.05) is 35.2 Å². The fourth-order valence-electron chi connectivity index (χ4n) is 4.18. The molecule has 2 atom stereocenters. The number of ketones is 1. The zero-order valence-electron chi connectivity index (χ0n) is 15.9. The number of hydrogen-bond donors (Lipinski definition) is 0. The van der Waals surface area contributed by atoms with Gasteiger partial charge in [0.15, 0.2) is 5.78 Å². The van der Waals surface area contributed by atoms with Crippen molar-refractivity contribution < 1.29 is 19.1 Å². The summed E-state index contributed by atoms with van der Waals surface area (Å²) in [5, 5.41) is 0. The molecule has 5 heteroatoms. The maximum absolute atomic E-state index is 12.4. The number of allylic oxidation sites excluding steroid dienone is 1. The van der Waals surface area contributed by atoms with Crippen LogP contribution in [0.4, 0.5) is 0 Å². The number of amides is 1. The van der Waals surface area contributed by atoms with Crippen molar-refractivity contribution in [1.29, 1.82) is 0 Å². The molecule has 0 bridgehead atoms. The van der Waals surface area contributed by atoms with Crippen LogP contribution in [-0.2, 0) is 25.7 Å². The highest BCUT2D eigenvalue weighted by Gasteiger charge is 2.34. The molecule has 144 valence electrons. The number of rotatable bonds is 7. The minimum Gasteiger partial charge on any atom is -0.466 e. The number of likely N-dealkylation sites (tertiary alicyclic amines) is 1. The first-order chi connectivity index (χ1) is 13.0. The lowest BCUT2D eigenvalue weighted by Crippen LogP contribution is -2.34. The number of carbonyl (C=O) groups excluding carboxylic acids is 3. The SMILES string of the molecule is CCOC(=O)CC1=CC(=O)C[C@H](C[C@@H]2CCC(=O)N2Cc2ccccc2)C1. The molecule has 1 heterocycles. The summed E-state index contributed by atoms with van der Waals surface area (Å²) in [5.41, 5.74) is 1.98. The molecular formula is C22H27NO4. The topological polar surface area (TPSA) is 63.7 Å². The summed E-state index contributed by atoms with van der Waals surface area (Å²) in [6, 6.07) is 10.2. The summed E-state index contributed by atoms with van der Waals surface area (Å²) in [6.07, 6.45) is 5.24. The number of ether oxygens (including phenoxy) is 1. The maximum Gasteiger partial charge on any atom is 0.309 e. The van der Waals surface area contributed by atoms with Gasteiger partial charge in [-0.25, -0.2) is 0 Å². The van der Waals surface area contributed by atoms with Gasteiger partial charge >= 0.3 is 5.97 Å². The predicted octanol–water partition coefficient (Wildman–Crippen LogP) is 3.43. The van der Waals surface area contributed by atoms with Crippen molar-refractivity contribution >= 4 is 17.7 Å². The van der Waals surface area contributed by atoms with E-state index in [0.29, 0.717) is 26.0 Å². The second kappa shape index (κ2) is 8.98. The molecule has 0 radical (unpaired) electrons. The molecule has 1 saturated heterocycles. The van der Waals surface area contributed by atoms with Gasteiger partial charge in [0.05, 0.1) is 13.0 Å². The molecule has 27 heavy (non-hydrogen) atoms. The van der Waals surface area contributed by atoms with E-state index in [4.69, 9.17) is 4.74 Å². The van der Waals surface area contributed by atoms with Crippen LogP contribution in [-0.4, -0.2) is 35.2 Å². The third kappa shape index (κ3) is 5.28. The van der Waals surface area contributed by atoms with Crippen LogP contribution in [0, 0.1) is 5.92 Å². The van der Waals surface area contributed by atoms with Crippen LogP contribution >= 0.6 is 0 Å². The van der Waals surface area contributed by atoms with E-state index < -0.39 is 0 Å². The van der Waals surface area contributed by atoms with Crippen molar-refractivity contribution in [3.8, 4) is 0 Å². The molecular weight excluding hydrogens is 342 g/mol.